The summed E-state index contributed by atoms with van der Waals surface area (Å²) in [6.07, 6.45) is -0.848. The summed E-state index contributed by atoms with van der Waals surface area (Å²) in [6, 6.07) is 7.65. The summed E-state index contributed by atoms with van der Waals surface area (Å²) < 4.78 is 39.8. The van der Waals surface area contributed by atoms with Crippen LogP contribution in [0.1, 0.15) is 48.3 Å². The maximum Gasteiger partial charge on any atom is 0.433 e. The van der Waals surface area contributed by atoms with Crippen LogP contribution in [0, 0.1) is 11.8 Å². The number of aromatic nitrogens is 3. The van der Waals surface area contributed by atoms with Crippen molar-refractivity contribution in [1.29, 1.82) is 0 Å². The van der Waals surface area contributed by atoms with E-state index >= 15 is 0 Å². The molecule has 0 bridgehead atoms. The van der Waals surface area contributed by atoms with Crippen LogP contribution in [0.15, 0.2) is 48.8 Å². The molecule has 1 aromatic carbocycles. The molecule has 0 aliphatic carbocycles. The molecule has 11 heteroatoms. The van der Waals surface area contributed by atoms with Crippen LogP contribution in [-0.4, -0.2) is 50.5 Å². The number of rotatable bonds is 3. The number of anilines is 1. The Bertz CT molecular complexity index is 1430. The Balaban J connectivity index is 1.45. The molecule has 1 aliphatic heterocycles. The van der Waals surface area contributed by atoms with Gasteiger partial charge in [-0.3, -0.25) is 4.79 Å². The van der Waals surface area contributed by atoms with Crippen LogP contribution in [0.3, 0.4) is 0 Å². The zero-order valence-electron chi connectivity index (χ0n) is 21.0. The summed E-state index contributed by atoms with van der Waals surface area (Å²) in [4.78, 5) is 31.1. The van der Waals surface area contributed by atoms with Gasteiger partial charge in [0.2, 0.25) is 5.91 Å². The number of nitrogens with one attached hydrogen (secondary N) is 1. The fourth-order valence-electron chi connectivity index (χ4n) is 4.02. The number of carbonyl (C=O) groups excluding carboxylic acids is 2. The lowest BCUT2D eigenvalue weighted by molar-refractivity contribution is -0.141. The second-order valence-electron chi connectivity index (χ2n) is 9.57. The number of amides is 2. The van der Waals surface area contributed by atoms with E-state index in [0.29, 0.717) is 29.7 Å². The Kier molecular flexibility index (Phi) is 7.29. The van der Waals surface area contributed by atoms with Crippen molar-refractivity contribution in [3.63, 3.8) is 0 Å². The van der Waals surface area contributed by atoms with E-state index in [-0.39, 0.29) is 18.0 Å². The number of nitrogens with zero attached hydrogens (tertiary/aromatic N) is 4. The van der Waals surface area contributed by atoms with E-state index < -0.39 is 29.5 Å². The van der Waals surface area contributed by atoms with E-state index in [4.69, 9.17) is 0 Å². The molecule has 1 unspecified atom stereocenters. The number of hydrogen-bond donors (Lipinski definition) is 2. The maximum absolute atomic E-state index is 13.2. The van der Waals surface area contributed by atoms with Crippen molar-refractivity contribution >= 4 is 17.6 Å². The van der Waals surface area contributed by atoms with Crippen molar-refractivity contribution in [2.24, 2.45) is 0 Å². The topological polar surface area (TPSA) is 100 Å². The number of carbonyl (C=O) groups is 2. The van der Waals surface area contributed by atoms with E-state index in [1.807, 2.05) is 12.1 Å². The SMILES string of the molecule is CN1C(=O)C(NC(=O)n2cc(Cc3cccc(C(F)(F)F)n3)cn2)CCc2ccc(C#CC(C)(C)O)cc21. The number of halogens is 3. The average Bonchev–Trinajstić information content (AvgIpc) is 3.28. The number of benzene rings is 1. The molecule has 3 heterocycles. The zero-order chi connectivity index (χ0) is 27.7. The van der Waals surface area contributed by atoms with E-state index in [2.05, 4.69) is 27.2 Å². The van der Waals surface area contributed by atoms with Crippen molar-refractivity contribution < 1.29 is 27.9 Å². The number of aryl methyl sites for hydroxylation is 1. The van der Waals surface area contributed by atoms with Gasteiger partial charge in [0, 0.05) is 36.6 Å². The zero-order valence-corrected chi connectivity index (χ0v) is 21.0. The number of aliphatic hydroxyl groups is 1. The highest BCUT2D eigenvalue weighted by atomic mass is 19.4. The van der Waals surface area contributed by atoms with Crippen molar-refractivity contribution in [2.45, 2.75) is 50.9 Å². The molecule has 2 aromatic heterocycles. The molecule has 0 radical (unpaired) electrons. The average molecular weight is 526 g/mol. The molecule has 1 atom stereocenters. The molecule has 0 saturated carbocycles. The van der Waals surface area contributed by atoms with Gasteiger partial charge in [0.1, 0.15) is 17.3 Å². The first-order valence-corrected chi connectivity index (χ1v) is 11.8. The molecule has 0 spiro atoms. The number of pyridine rings is 1. The summed E-state index contributed by atoms with van der Waals surface area (Å²) in [5.74, 6) is 5.34. The molecule has 38 heavy (non-hydrogen) atoms. The molecule has 4 rings (SSSR count). The van der Waals surface area contributed by atoms with Crippen LogP contribution in [0.25, 0.3) is 0 Å². The second-order valence-corrected chi connectivity index (χ2v) is 9.57. The first-order valence-electron chi connectivity index (χ1n) is 11.8. The Hall–Kier alpha value is -4.17. The van der Waals surface area contributed by atoms with Gasteiger partial charge >= 0.3 is 12.2 Å². The molecule has 198 valence electrons. The highest BCUT2D eigenvalue weighted by Crippen LogP contribution is 2.28. The van der Waals surface area contributed by atoms with Gasteiger partial charge in [0.05, 0.1) is 6.20 Å². The van der Waals surface area contributed by atoms with Crippen molar-refractivity contribution in [3.8, 4) is 11.8 Å². The normalized spacial score (nSPS) is 15.8. The third-order valence-corrected chi connectivity index (χ3v) is 5.91. The molecule has 8 nitrogen and oxygen atoms in total. The van der Waals surface area contributed by atoms with Gasteiger partial charge in [0.25, 0.3) is 0 Å². The predicted octanol–water partition coefficient (Wildman–Crippen LogP) is 3.55. The highest BCUT2D eigenvalue weighted by molar-refractivity contribution is 6.00. The summed E-state index contributed by atoms with van der Waals surface area (Å²) in [5.41, 5.74) is 0.763. The predicted molar refractivity (Wildman–Crippen MR) is 133 cm³/mol. The maximum atomic E-state index is 13.2. The van der Waals surface area contributed by atoms with Crippen molar-refractivity contribution in [1.82, 2.24) is 20.1 Å². The Morgan fingerprint density at radius 1 is 1.24 bits per heavy atom. The van der Waals surface area contributed by atoms with Crippen LogP contribution < -0.4 is 10.2 Å². The van der Waals surface area contributed by atoms with Gasteiger partial charge in [-0.05, 0) is 62.1 Å². The van der Waals surface area contributed by atoms with Gasteiger partial charge in [-0.25, -0.2) is 9.78 Å². The molecule has 0 saturated heterocycles. The van der Waals surface area contributed by atoms with E-state index in [9.17, 15) is 27.9 Å². The first kappa shape index (κ1) is 26.9. The van der Waals surface area contributed by atoms with Gasteiger partial charge in [-0.15, -0.1) is 0 Å². The van der Waals surface area contributed by atoms with Crippen LogP contribution >= 0.6 is 0 Å². The smallest absolute Gasteiger partial charge is 0.378 e. The van der Waals surface area contributed by atoms with E-state index in [1.54, 1.807) is 27.0 Å². The fraction of sp³-hybridized carbons (Fsp3) is 0.333. The van der Waals surface area contributed by atoms with Gasteiger partial charge < -0.3 is 15.3 Å². The lowest BCUT2D eigenvalue weighted by Gasteiger charge is -2.22. The number of likely N-dealkylation sites (N-methyl/N-ethyl adjacent to an activating group) is 1. The third-order valence-electron chi connectivity index (χ3n) is 5.91. The molecule has 1 aliphatic rings. The van der Waals surface area contributed by atoms with Crippen molar-refractivity contribution in [2.75, 3.05) is 11.9 Å². The van der Waals surface area contributed by atoms with Crippen molar-refractivity contribution in [3.05, 3.63) is 76.9 Å². The summed E-state index contributed by atoms with van der Waals surface area (Å²) in [6.45, 7) is 3.16. The minimum Gasteiger partial charge on any atom is -0.378 e. The van der Waals surface area contributed by atoms with Crippen LogP contribution in [0.4, 0.5) is 23.7 Å². The quantitative estimate of drug-likeness (QED) is 0.510. The summed E-state index contributed by atoms with van der Waals surface area (Å²) in [5, 5.41) is 16.6. The standard InChI is InChI=1S/C27H26F3N5O3/c1-26(2,38)12-11-17-7-8-19-9-10-21(24(36)34(3)22(19)14-17)33-25(37)35-16-18(15-31-35)13-20-5-4-6-23(32-20)27(28,29)30/h4-8,14-16,21,38H,9-10,13H2,1-3H3,(H,33,37). The number of alkyl halides is 3. The molecular formula is C27H26F3N5O3. The van der Waals surface area contributed by atoms with Gasteiger partial charge in [0.15, 0.2) is 0 Å². The monoisotopic (exact) mass is 525 g/mol. The van der Waals surface area contributed by atoms with Gasteiger partial charge in [-0.1, -0.05) is 24.0 Å². The number of fused-ring (bicyclic) bond motifs is 1. The fourth-order valence-corrected chi connectivity index (χ4v) is 4.02. The number of hydrogen-bond acceptors (Lipinski definition) is 5. The molecule has 3 aromatic rings. The minimum atomic E-state index is -4.55. The minimum absolute atomic E-state index is 0.0519. The van der Waals surface area contributed by atoms with Crippen LogP contribution in [0.5, 0.6) is 0 Å². The van der Waals surface area contributed by atoms with E-state index in [0.717, 1.165) is 16.3 Å². The lowest BCUT2D eigenvalue weighted by atomic mass is 10.0. The summed E-state index contributed by atoms with van der Waals surface area (Å²) >= 11 is 0. The lowest BCUT2D eigenvalue weighted by Crippen LogP contribution is -2.48. The van der Waals surface area contributed by atoms with Crippen LogP contribution in [0.2, 0.25) is 0 Å². The van der Waals surface area contributed by atoms with E-state index in [1.165, 1.54) is 29.4 Å². The Morgan fingerprint density at radius 2 is 2.00 bits per heavy atom. The Morgan fingerprint density at radius 3 is 2.71 bits per heavy atom. The molecule has 2 amide bonds. The van der Waals surface area contributed by atoms with Gasteiger partial charge in [-0.2, -0.15) is 23.0 Å². The molecular weight excluding hydrogens is 499 g/mol. The third kappa shape index (κ3) is 6.39. The second kappa shape index (κ2) is 10.3. The Labute approximate surface area is 217 Å². The highest BCUT2D eigenvalue weighted by Gasteiger charge is 2.32. The largest absolute Gasteiger partial charge is 0.433 e. The first-order chi connectivity index (χ1) is 17.8. The van der Waals surface area contributed by atoms with Crippen LogP contribution in [-0.2, 0) is 23.8 Å². The molecule has 2 N–H and O–H groups in total. The summed E-state index contributed by atoms with van der Waals surface area (Å²) in [7, 11) is 1.62. The molecule has 0 fully saturated rings.